The first-order valence-corrected chi connectivity index (χ1v) is 28.7. The molecule has 0 spiro atoms. The summed E-state index contributed by atoms with van der Waals surface area (Å²) in [6.45, 7) is 16.8. The topological polar surface area (TPSA) is 290 Å². The molecule has 0 aromatic heterocycles. The fourth-order valence-corrected chi connectivity index (χ4v) is 7.17. The predicted molar refractivity (Wildman–Crippen MR) is 305 cm³/mol. The van der Waals surface area contributed by atoms with Crippen LogP contribution in [0.5, 0.6) is 0 Å². The molecule has 0 saturated heterocycles. The van der Waals surface area contributed by atoms with Crippen LogP contribution in [0.1, 0.15) is 167 Å². The van der Waals surface area contributed by atoms with Gasteiger partial charge in [0.05, 0.1) is 61.9 Å². The molecule has 0 bridgehead atoms. The number of nitrogens with two attached hydrogens (primary N) is 3. The fourth-order valence-electron chi connectivity index (χ4n) is 7.17. The van der Waals surface area contributed by atoms with Gasteiger partial charge in [-0.15, -0.1) is 0 Å². The Bertz CT molecular complexity index is 1270. The third kappa shape index (κ3) is 68.5. The Morgan fingerprint density at radius 1 is 0.289 bits per heavy atom. The molecular weight excluding hydrogens is 979 g/mol. The van der Waals surface area contributed by atoms with Crippen LogP contribution < -0.4 is 38.5 Å². The van der Waals surface area contributed by atoms with Crippen LogP contribution in [0.2, 0.25) is 0 Å². The van der Waals surface area contributed by atoms with Gasteiger partial charge in [-0.2, -0.15) is 0 Å². The first-order chi connectivity index (χ1) is 36.9. The Morgan fingerprint density at radius 3 is 0.947 bits per heavy atom. The van der Waals surface area contributed by atoms with Crippen LogP contribution in [0.15, 0.2) is 0 Å². The fraction of sp³-hybridized carbons (Fsp3) is 0.891. The van der Waals surface area contributed by atoms with Gasteiger partial charge in [-0.1, -0.05) is 58.3 Å². The van der Waals surface area contributed by atoms with E-state index in [1.54, 1.807) is 0 Å². The number of nitrogens with one attached hydrogen (secondary N) is 4. The maximum Gasteiger partial charge on any atom is 0.306 e. The lowest BCUT2D eigenvalue weighted by atomic mass is 10.2. The van der Waals surface area contributed by atoms with Crippen LogP contribution in [0.4, 0.5) is 0 Å². The van der Waals surface area contributed by atoms with Crippen molar-refractivity contribution < 1.29 is 57.2 Å². The highest BCUT2D eigenvalue weighted by Crippen LogP contribution is 2.04. The Kier molecular flexibility index (Phi) is 70.2. The highest BCUT2D eigenvalue weighted by molar-refractivity contribution is 5.70. The molecule has 0 atom stereocenters. The second kappa shape index (κ2) is 67.6. The molecule has 0 radical (unpaired) electrons. The normalized spacial score (nSPS) is 10.6. The lowest BCUT2D eigenvalue weighted by molar-refractivity contribution is -0.141. The largest absolute Gasteiger partial charge is 0.469 e. The molecular formula is C55H115N9O12. The number of carbonyl (C=O) groups is 6. The van der Waals surface area contributed by atoms with Crippen molar-refractivity contribution >= 4 is 35.8 Å². The van der Waals surface area contributed by atoms with Crippen LogP contribution in [0.3, 0.4) is 0 Å². The van der Waals surface area contributed by atoms with Crippen molar-refractivity contribution in [2.75, 3.05) is 154 Å². The number of rotatable bonds is 50. The summed E-state index contributed by atoms with van der Waals surface area (Å²) in [4.78, 5) is 70.0. The van der Waals surface area contributed by atoms with Crippen LogP contribution >= 0.6 is 0 Å². The minimum Gasteiger partial charge on any atom is -0.469 e. The predicted octanol–water partition coefficient (Wildman–Crippen LogP) is 4.59. The van der Waals surface area contributed by atoms with Crippen molar-refractivity contribution in [2.24, 2.45) is 17.2 Å². The molecule has 10 N–H and O–H groups in total. The van der Waals surface area contributed by atoms with Gasteiger partial charge in [0.1, 0.15) is 0 Å². The zero-order valence-corrected chi connectivity index (χ0v) is 49.2. The molecule has 0 aliphatic carbocycles. The van der Waals surface area contributed by atoms with Gasteiger partial charge in [0.25, 0.3) is 0 Å². The van der Waals surface area contributed by atoms with Gasteiger partial charge >= 0.3 is 35.8 Å². The highest BCUT2D eigenvalue weighted by atomic mass is 16.5. The summed E-state index contributed by atoms with van der Waals surface area (Å²) in [6.07, 6.45) is 24.0. The lowest BCUT2D eigenvalue weighted by Crippen LogP contribution is -2.37. The molecule has 0 aliphatic heterocycles. The molecule has 0 rings (SSSR count). The van der Waals surface area contributed by atoms with Crippen molar-refractivity contribution in [1.82, 2.24) is 31.1 Å². The van der Waals surface area contributed by atoms with E-state index in [-0.39, 0.29) is 35.8 Å². The number of esters is 6. The van der Waals surface area contributed by atoms with Crippen LogP contribution in [0, 0.1) is 0 Å². The average Bonchev–Trinajstić information content (AvgIpc) is 3.43. The zero-order chi connectivity index (χ0) is 57.4. The minimum absolute atomic E-state index is 0.102. The number of carbonyl (C=O) groups excluding carboxylic acids is 6. The van der Waals surface area contributed by atoms with E-state index in [0.29, 0.717) is 64.7 Å². The highest BCUT2D eigenvalue weighted by Gasteiger charge is 2.09. The summed E-state index contributed by atoms with van der Waals surface area (Å²) < 4.78 is 27.6. The van der Waals surface area contributed by atoms with Crippen molar-refractivity contribution in [3.8, 4) is 0 Å². The third-order valence-corrected chi connectivity index (χ3v) is 11.9. The van der Waals surface area contributed by atoms with Gasteiger partial charge in [0.15, 0.2) is 0 Å². The first-order valence-electron chi connectivity index (χ1n) is 28.7. The van der Waals surface area contributed by atoms with E-state index in [2.05, 4.69) is 66.4 Å². The summed E-state index contributed by atoms with van der Waals surface area (Å²) in [5.74, 6) is -0.863. The van der Waals surface area contributed by atoms with E-state index in [9.17, 15) is 28.8 Å². The number of methoxy groups -OCH3 is 6. The molecule has 452 valence electrons. The lowest BCUT2D eigenvalue weighted by Gasteiger charge is -2.21. The van der Waals surface area contributed by atoms with Crippen LogP contribution in [-0.4, -0.2) is 200 Å². The van der Waals surface area contributed by atoms with E-state index < -0.39 is 0 Å². The second-order valence-electron chi connectivity index (χ2n) is 18.4. The van der Waals surface area contributed by atoms with Crippen molar-refractivity contribution in [3.63, 3.8) is 0 Å². The SMILES string of the molecule is CCCCCCN(CCN)CCC(=O)OC.COC(=O)CCCCCNCCCCCN.COC(=O)CCCCCNCCCCCNCCC(=O)OC.COC(=O)CCCCCNCCN(CCN)CCC(=O)OC. The number of nitrogens with zero attached hydrogens (tertiary/aromatic N) is 2. The summed E-state index contributed by atoms with van der Waals surface area (Å²) in [7, 11) is 8.52. The molecule has 21 nitrogen and oxygen atoms in total. The zero-order valence-electron chi connectivity index (χ0n) is 49.2. The first kappa shape index (κ1) is 78.9. The second-order valence-corrected chi connectivity index (χ2v) is 18.4. The molecule has 0 aromatic rings. The Labute approximate surface area is 461 Å². The molecule has 0 aromatic carbocycles. The van der Waals surface area contributed by atoms with E-state index in [1.165, 1.54) is 94.0 Å². The average molecular weight is 1090 g/mol. The molecule has 0 saturated carbocycles. The number of unbranched alkanes of at least 4 members (excludes halogenated alkanes) is 13. The summed E-state index contributed by atoms with van der Waals surface area (Å²) in [6, 6.07) is 0. The third-order valence-electron chi connectivity index (χ3n) is 11.9. The molecule has 0 amide bonds. The smallest absolute Gasteiger partial charge is 0.306 e. The number of ether oxygens (including phenoxy) is 6. The summed E-state index contributed by atoms with van der Waals surface area (Å²) in [5.41, 5.74) is 16.5. The van der Waals surface area contributed by atoms with Crippen molar-refractivity contribution in [3.05, 3.63) is 0 Å². The Balaban J connectivity index is -0.000000460. The molecule has 0 aliphatic rings. The quantitative estimate of drug-likeness (QED) is 0.0249. The van der Waals surface area contributed by atoms with Gasteiger partial charge in [-0.3, -0.25) is 28.8 Å². The van der Waals surface area contributed by atoms with Gasteiger partial charge < -0.3 is 76.7 Å². The van der Waals surface area contributed by atoms with Crippen LogP contribution in [0.25, 0.3) is 0 Å². The Hall–Kier alpha value is -3.54. The van der Waals surface area contributed by atoms with Gasteiger partial charge in [-0.05, 0) is 123 Å². The molecule has 76 heavy (non-hydrogen) atoms. The monoisotopic (exact) mass is 1090 g/mol. The molecule has 0 fully saturated rings. The molecule has 21 heteroatoms. The maximum absolute atomic E-state index is 11.1. The maximum atomic E-state index is 11.1. The van der Waals surface area contributed by atoms with Gasteiger partial charge in [0, 0.05) is 78.2 Å². The van der Waals surface area contributed by atoms with E-state index >= 15 is 0 Å². The Morgan fingerprint density at radius 2 is 0.592 bits per heavy atom. The van der Waals surface area contributed by atoms with Gasteiger partial charge in [-0.25, -0.2) is 0 Å². The van der Waals surface area contributed by atoms with E-state index in [1.807, 2.05) is 0 Å². The van der Waals surface area contributed by atoms with Crippen LogP contribution in [-0.2, 0) is 57.2 Å². The number of hydrogen-bond donors (Lipinski definition) is 7. The summed E-state index contributed by atoms with van der Waals surface area (Å²) >= 11 is 0. The summed E-state index contributed by atoms with van der Waals surface area (Å²) in [5, 5.41) is 13.4. The van der Waals surface area contributed by atoms with Crippen molar-refractivity contribution in [2.45, 2.75) is 167 Å². The van der Waals surface area contributed by atoms with E-state index in [0.717, 1.165) is 156 Å². The van der Waals surface area contributed by atoms with E-state index in [4.69, 9.17) is 17.2 Å². The standard InChI is InChI=1S/C16H32N2O4.C15H31N3O4.2C12H26N2O2/c1-21-15(19)9-5-3-6-11-17-12-7-4-8-13-18-14-10-16(20)22-2;1-21-14(19)6-4-3-5-9-17-10-13-18(12-8-16)11-7-15(20)22-2;1-16-12(15)8-4-2-6-10-14-11-7-3-5-9-13;1-3-4-5-6-9-14(11-8-13)10-7-12(15)16-2/h17-18H,3-14H2,1-2H3;17H,3-13,16H2,1-2H3;14H,2-11,13H2,1H3;3-11,13H2,1-2H3. The minimum atomic E-state index is -0.194. The van der Waals surface area contributed by atoms with Gasteiger partial charge in [0.2, 0.25) is 0 Å². The number of hydrogen-bond acceptors (Lipinski definition) is 21. The molecule has 0 unspecified atom stereocenters. The molecule has 0 heterocycles. The van der Waals surface area contributed by atoms with Crippen molar-refractivity contribution in [1.29, 1.82) is 0 Å².